The van der Waals surface area contributed by atoms with Gasteiger partial charge in [-0.25, -0.2) is 4.98 Å². The number of aromatic nitrogens is 2. The molecule has 2 aliphatic rings. The third-order valence-electron chi connectivity index (χ3n) is 3.00. The highest BCUT2D eigenvalue weighted by Gasteiger charge is 2.28. The summed E-state index contributed by atoms with van der Waals surface area (Å²) >= 11 is 7.86. The molecule has 0 saturated carbocycles. The molecule has 1 unspecified atom stereocenters. The van der Waals surface area contributed by atoms with Crippen molar-refractivity contribution >= 4 is 29.2 Å². The lowest BCUT2D eigenvalue weighted by atomic mass is 10.2. The summed E-state index contributed by atoms with van der Waals surface area (Å²) in [4.78, 5) is 12.2. The Hall–Kier alpha value is -0.520. The predicted molar refractivity (Wildman–Crippen MR) is 69.1 cm³/mol. The summed E-state index contributed by atoms with van der Waals surface area (Å²) in [5.41, 5.74) is 1.10. The molecular formula is C11H14ClN3OS. The molecule has 1 saturated heterocycles. The summed E-state index contributed by atoms with van der Waals surface area (Å²) in [5.74, 6) is 0.998. The highest BCUT2D eigenvalue weighted by Crippen LogP contribution is 2.41. The Morgan fingerprint density at radius 3 is 2.88 bits per heavy atom. The first-order chi connectivity index (χ1) is 8.24. The molecule has 1 fully saturated rings. The molecule has 1 aromatic rings. The number of nitrogens with zero attached hydrogens (tertiary/aromatic N) is 3. The van der Waals surface area contributed by atoms with E-state index in [1.165, 1.54) is 4.90 Å². The summed E-state index contributed by atoms with van der Waals surface area (Å²) in [6, 6.07) is 0. The molecule has 1 aromatic heterocycles. The Balaban J connectivity index is 1.98. The third kappa shape index (κ3) is 2.23. The molecule has 0 amide bonds. The minimum Gasteiger partial charge on any atom is -0.378 e. The quantitative estimate of drug-likeness (QED) is 0.731. The van der Waals surface area contributed by atoms with Crippen LogP contribution in [0.4, 0.5) is 5.82 Å². The Morgan fingerprint density at radius 1 is 1.35 bits per heavy atom. The third-order valence-corrected chi connectivity index (χ3v) is 4.39. The van der Waals surface area contributed by atoms with Crippen molar-refractivity contribution in [2.45, 2.75) is 23.5 Å². The molecule has 0 aromatic carbocycles. The van der Waals surface area contributed by atoms with Gasteiger partial charge < -0.3 is 9.64 Å². The topological polar surface area (TPSA) is 38.2 Å². The zero-order valence-electron chi connectivity index (χ0n) is 9.65. The van der Waals surface area contributed by atoms with Gasteiger partial charge >= 0.3 is 0 Å². The molecule has 3 heterocycles. The van der Waals surface area contributed by atoms with Gasteiger partial charge in [0.25, 0.3) is 0 Å². The Labute approximate surface area is 110 Å². The molecular weight excluding hydrogens is 258 g/mol. The molecule has 4 nitrogen and oxygen atoms in total. The fourth-order valence-electron chi connectivity index (χ4n) is 2.22. The van der Waals surface area contributed by atoms with Crippen LogP contribution in [0.1, 0.15) is 12.6 Å². The first kappa shape index (κ1) is 11.6. The second kappa shape index (κ2) is 4.63. The summed E-state index contributed by atoms with van der Waals surface area (Å²) < 4.78 is 5.37. The maximum absolute atomic E-state index is 6.01. The molecule has 0 bridgehead atoms. The van der Waals surface area contributed by atoms with E-state index in [0.717, 1.165) is 44.2 Å². The van der Waals surface area contributed by atoms with Crippen LogP contribution in [0.25, 0.3) is 0 Å². The lowest BCUT2D eigenvalue weighted by Gasteiger charge is -2.29. The first-order valence-electron chi connectivity index (χ1n) is 5.80. The van der Waals surface area contributed by atoms with Crippen molar-refractivity contribution in [1.82, 2.24) is 9.97 Å². The largest absolute Gasteiger partial charge is 0.378 e. The van der Waals surface area contributed by atoms with E-state index < -0.39 is 0 Å². The van der Waals surface area contributed by atoms with E-state index in [2.05, 4.69) is 21.8 Å². The van der Waals surface area contributed by atoms with Crippen molar-refractivity contribution in [3.63, 3.8) is 0 Å². The minimum atomic E-state index is 0.361. The SMILES string of the molecule is CC1Cc2nc(Cl)nc(N3CCOCC3)c2S1. The van der Waals surface area contributed by atoms with Crippen molar-refractivity contribution in [2.24, 2.45) is 0 Å². The van der Waals surface area contributed by atoms with Crippen LogP contribution in [0, 0.1) is 0 Å². The van der Waals surface area contributed by atoms with Gasteiger partial charge in [-0.1, -0.05) is 6.92 Å². The number of rotatable bonds is 1. The molecule has 0 radical (unpaired) electrons. The van der Waals surface area contributed by atoms with Gasteiger partial charge in [0.15, 0.2) is 0 Å². The number of hydrogen-bond acceptors (Lipinski definition) is 5. The summed E-state index contributed by atoms with van der Waals surface area (Å²) in [5, 5.41) is 0.928. The highest BCUT2D eigenvalue weighted by molar-refractivity contribution is 8.00. The number of morpholine rings is 1. The second-order valence-corrected chi connectivity index (χ2v) is 6.11. The van der Waals surface area contributed by atoms with Gasteiger partial charge in [-0.3, -0.25) is 0 Å². The molecule has 6 heteroatoms. The fraction of sp³-hybridized carbons (Fsp3) is 0.636. The molecule has 0 aliphatic carbocycles. The molecule has 3 rings (SSSR count). The highest BCUT2D eigenvalue weighted by atomic mass is 35.5. The number of anilines is 1. The van der Waals surface area contributed by atoms with Crippen LogP contribution in [0.2, 0.25) is 5.28 Å². The van der Waals surface area contributed by atoms with Crippen molar-refractivity contribution in [3.05, 3.63) is 11.0 Å². The van der Waals surface area contributed by atoms with E-state index in [1.54, 1.807) is 0 Å². The normalized spacial score (nSPS) is 23.9. The van der Waals surface area contributed by atoms with Crippen molar-refractivity contribution < 1.29 is 4.74 Å². The molecule has 0 spiro atoms. The van der Waals surface area contributed by atoms with Gasteiger partial charge in [-0.15, -0.1) is 11.8 Å². The van der Waals surface area contributed by atoms with E-state index in [-0.39, 0.29) is 0 Å². The number of fused-ring (bicyclic) bond motifs is 1. The van der Waals surface area contributed by atoms with E-state index in [1.807, 2.05) is 11.8 Å². The maximum atomic E-state index is 6.01. The lowest BCUT2D eigenvalue weighted by molar-refractivity contribution is 0.122. The van der Waals surface area contributed by atoms with E-state index in [9.17, 15) is 0 Å². The van der Waals surface area contributed by atoms with Crippen LogP contribution >= 0.6 is 23.4 Å². The molecule has 17 heavy (non-hydrogen) atoms. The second-order valence-electron chi connectivity index (χ2n) is 4.32. The van der Waals surface area contributed by atoms with Gasteiger partial charge in [-0.05, 0) is 11.6 Å². The van der Waals surface area contributed by atoms with Crippen molar-refractivity contribution in [2.75, 3.05) is 31.2 Å². The zero-order chi connectivity index (χ0) is 11.8. The van der Waals surface area contributed by atoms with Crippen LogP contribution in [0.5, 0.6) is 0 Å². The molecule has 2 aliphatic heterocycles. The van der Waals surface area contributed by atoms with Gasteiger partial charge in [-0.2, -0.15) is 4.98 Å². The molecule has 1 atom stereocenters. The number of hydrogen-bond donors (Lipinski definition) is 0. The maximum Gasteiger partial charge on any atom is 0.224 e. The van der Waals surface area contributed by atoms with Gasteiger partial charge in [0, 0.05) is 24.8 Å². The smallest absolute Gasteiger partial charge is 0.224 e. The first-order valence-corrected chi connectivity index (χ1v) is 7.05. The van der Waals surface area contributed by atoms with Crippen molar-refractivity contribution in [3.8, 4) is 0 Å². The summed E-state index contributed by atoms with van der Waals surface area (Å²) in [7, 11) is 0. The Bertz CT molecular complexity index is 437. The Kier molecular flexibility index (Phi) is 3.15. The van der Waals surface area contributed by atoms with E-state index in [4.69, 9.17) is 16.3 Å². The number of halogens is 1. The van der Waals surface area contributed by atoms with Gasteiger partial charge in [0.2, 0.25) is 5.28 Å². The van der Waals surface area contributed by atoms with Crippen molar-refractivity contribution in [1.29, 1.82) is 0 Å². The van der Waals surface area contributed by atoms with Crippen LogP contribution < -0.4 is 4.90 Å². The molecule has 0 N–H and O–H groups in total. The average molecular weight is 272 g/mol. The van der Waals surface area contributed by atoms with Crippen LogP contribution in [-0.2, 0) is 11.2 Å². The number of thioether (sulfide) groups is 1. The van der Waals surface area contributed by atoms with E-state index >= 15 is 0 Å². The van der Waals surface area contributed by atoms with E-state index in [0.29, 0.717) is 10.5 Å². The standard InChI is InChI=1S/C11H14ClN3OS/c1-7-6-8-9(17-7)10(14-11(12)13-8)15-2-4-16-5-3-15/h7H,2-6H2,1H3. The zero-order valence-corrected chi connectivity index (χ0v) is 11.2. The van der Waals surface area contributed by atoms with Crippen LogP contribution in [-0.4, -0.2) is 41.5 Å². The monoisotopic (exact) mass is 271 g/mol. The fourth-order valence-corrected chi connectivity index (χ4v) is 3.59. The average Bonchev–Trinajstić information content (AvgIpc) is 2.69. The predicted octanol–water partition coefficient (Wildman–Crippen LogP) is 2.00. The summed E-state index contributed by atoms with van der Waals surface area (Å²) in [6.45, 7) is 5.50. The number of ether oxygens (including phenoxy) is 1. The lowest BCUT2D eigenvalue weighted by Crippen LogP contribution is -2.37. The molecule has 92 valence electrons. The Morgan fingerprint density at radius 2 is 2.12 bits per heavy atom. The van der Waals surface area contributed by atoms with Crippen LogP contribution in [0.3, 0.4) is 0 Å². The summed E-state index contributed by atoms with van der Waals surface area (Å²) in [6.07, 6.45) is 0.986. The van der Waals surface area contributed by atoms with Crippen LogP contribution in [0.15, 0.2) is 4.90 Å². The minimum absolute atomic E-state index is 0.361. The van der Waals surface area contributed by atoms with Gasteiger partial charge in [0.05, 0.1) is 23.8 Å². The van der Waals surface area contributed by atoms with Gasteiger partial charge in [0.1, 0.15) is 5.82 Å².